The Labute approximate surface area is 123 Å². The summed E-state index contributed by atoms with van der Waals surface area (Å²) in [5.74, 6) is 3.15. The Bertz CT molecular complexity index is 399. The third-order valence-electron chi connectivity index (χ3n) is 4.48. The smallest absolute Gasteiger partial charge is 0.0829 e. The Hall–Kier alpha value is -0.900. The van der Waals surface area contributed by atoms with E-state index in [-0.39, 0.29) is 0 Å². The van der Waals surface area contributed by atoms with Crippen molar-refractivity contribution < 1.29 is 0 Å². The minimum absolute atomic E-state index is 0.732. The molecule has 1 aromatic heterocycles. The van der Waals surface area contributed by atoms with Crippen molar-refractivity contribution in [1.29, 1.82) is 0 Å². The first-order valence-corrected chi connectivity index (χ1v) is 8.10. The molecule has 0 saturated heterocycles. The molecule has 3 unspecified atom stereocenters. The van der Waals surface area contributed by atoms with Gasteiger partial charge in [0.05, 0.1) is 5.69 Å². The lowest BCUT2D eigenvalue weighted by Gasteiger charge is -2.35. The molecule has 1 aliphatic carbocycles. The number of hydrogen-bond donors (Lipinski definition) is 1. The number of aromatic nitrogens is 3. The molecular formula is C16H30N4. The summed E-state index contributed by atoms with van der Waals surface area (Å²) >= 11 is 0. The molecule has 1 aromatic rings. The summed E-state index contributed by atoms with van der Waals surface area (Å²) < 4.78 is 1.81. The monoisotopic (exact) mass is 278 g/mol. The molecule has 4 nitrogen and oxygen atoms in total. The number of rotatable bonds is 6. The molecular weight excluding hydrogens is 248 g/mol. The van der Waals surface area contributed by atoms with Gasteiger partial charge in [-0.3, -0.25) is 4.68 Å². The van der Waals surface area contributed by atoms with Crippen LogP contribution in [-0.2, 0) is 13.5 Å². The van der Waals surface area contributed by atoms with Crippen LogP contribution in [0.5, 0.6) is 0 Å². The van der Waals surface area contributed by atoms with Gasteiger partial charge in [-0.1, -0.05) is 32.4 Å². The Morgan fingerprint density at radius 3 is 2.80 bits per heavy atom. The van der Waals surface area contributed by atoms with E-state index in [1.165, 1.54) is 19.3 Å². The lowest BCUT2D eigenvalue weighted by atomic mass is 9.73. The van der Waals surface area contributed by atoms with Crippen molar-refractivity contribution in [1.82, 2.24) is 20.3 Å². The van der Waals surface area contributed by atoms with Crippen LogP contribution in [0.4, 0.5) is 0 Å². The molecule has 4 heteroatoms. The van der Waals surface area contributed by atoms with Gasteiger partial charge in [0.25, 0.3) is 0 Å². The van der Waals surface area contributed by atoms with Gasteiger partial charge in [-0.05, 0) is 56.0 Å². The van der Waals surface area contributed by atoms with Crippen LogP contribution in [0, 0.1) is 23.7 Å². The highest BCUT2D eigenvalue weighted by Crippen LogP contribution is 2.35. The van der Waals surface area contributed by atoms with Gasteiger partial charge in [-0.25, -0.2) is 0 Å². The molecule has 1 N–H and O–H groups in total. The van der Waals surface area contributed by atoms with Crippen molar-refractivity contribution in [3.8, 4) is 0 Å². The predicted octanol–water partition coefficient (Wildman–Crippen LogP) is 2.66. The van der Waals surface area contributed by atoms with E-state index in [0.717, 1.165) is 48.9 Å². The van der Waals surface area contributed by atoms with Gasteiger partial charge in [0.2, 0.25) is 0 Å². The third kappa shape index (κ3) is 4.58. The zero-order valence-electron chi connectivity index (χ0n) is 13.5. The molecule has 2 rings (SSSR count). The van der Waals surface area contributed by atoms with Crippen molar-refractivity contribution in [3.63, 3.8) is 0 Å². The highest BCUT2D eigenvalue weighted by Gasteiger charge is 2.29. The predicted molar refractivity (Wildman–Crippen MR) is 82.4 cm³/mol. The van der Waals surface area contributed by atoms with Crippen LogP contribution >= 0.6 is 0 Å². The lowest BCUT2D eigenvalue weighted by molar-refractivity contribution is 0.181. The average Bonchev–Trinajstić information content (AvgIpc) is 2.77. The van der Waals surface area contributed by atoms with Crippen LogP contribution in [0.15, 0.2) is 6.20 Å². The fraction of sp³-hybridized carbons (Fsp3) is 0.875. The van der Waals surface area contributed by atoms with E-state index in [1.807, 2.05) is 11.7 Å². The van der Waals surface area contributed by atoms with Crippen molar-refractivity contribution in [2.24, 2.45) is 30.7 Å². The van der Waals surface area contributed by atoms with Crippen molar-refractivity contribution in [3.05, 3.63) is 11.9 Å². The molecule has 20 heavy (non-hydrogen) atoms. The first-order valence-electron chi connectivity index (χ1n) is 8.10. The second-order valence-electron chi connectivity index (χ2n) is 7.08. The fourth-order valence-corrected chi connectivity index (χ4v) is 3.40. The highest BCUT2D eigenvalue weighted by atomic mass is 15.4. The second-order valence-corrected chi connectivity index (χ2v) is 7.08. The van der Waals surface area contributed by atoms with Crippen LogP contribution < -0.4 is 5.32 Å². The Kier molecular flexibility index (Phi) is 5.58. The van der Waals surface area contributed by atoms with Crippen molar-refractivity contribution in [2.45, 2.75) is 46.5 Å². The first kappa shape index (κ1) is 15.5. The van der Waals surface area contributed by atoms with Gasteiger partial charge >= 0.3 is 0 Å². The molecule has 1 fully saturated rings. The minimum Gasteiger partial charge on any atom is -0.316 e. The van der Waals surface area contributed by atoms with Gasteiger partial charge in [0.15, 0.2) is 0 Å². The topological polar surface area (TPSA) is 42.7 Å². The van der Waals surface area contributed by atoms with E-state index in [0.29, 0.717) is 0 Å². The van der Waals surface area contributed by atoms with Gasteiger partial charge in [0.1, 0.15) is 0 Å². The summed E-state index contributed by atoms with van der Waals surface area (Å²) in [5, 5.41) is 12.0. The van der Waals surface area contributed by atoms with E-state index in [1.54, 1.807) is 0 Å². The standard InChI is InChI=1S/C16H30N4/c1-12(2)9-17-10-14-6-5-13(3)7-15(14)8-16-11-20(4)19-18-16/h11-15,17H,5-10H2,1-4H3. The normalized spacial score (nSPS) is 27.1. The number of hydrogen-bond acceptors (Lipinski definition) is 3. The number of nitrogens with one attached hydrogen (secondary N) is 1. The maximum atomic E-state index is 4.27. The molecule has 0 spiro atoms. The van der Waals surface area contributed by atoms with Gasteiger partial charge in [0, 0.05) is 13.2 Å². The van der Waals surface area contributed by atoms with E-state index < -0.39 is 0 Å². The molecule has 1 aliphatic rings. The Morgan fingerprint density at radius 1 is 1.35 bits per heavy atom. The number of nitrogens with zero attached hydrogens (tertiary/aromatic N) is 3. The maximum absolute atomic E-state index is 4.27. The van der Waals surface area contributed by atoms with Crippen molar-refractivity contribution in [2.75, 3.05) is 13.1 Å². The summed E-state index contributed by atoms with van der Waals surface area (Å²) in [6, 6.07) is 0. The summed E-state index contributed by atoms with van der Waals surface area (Å²) in [4.78, 5) is 0. The minimum atomic E-state index is 0.732. The van der Waals surface area contributed by atoms with Gasteiger partial charge in [-0.15, -0.1) is 5.10 Å². The molecule has 1 heterocycles. The van der Waals surface area contributed by atoms with E-state index >= 15 is 0 Å². The zero-order valence-corrected chi connectivity index (χ0v) is 13.5. The van der Waals surface area contributed by atoms with E-state index in [2.05, 4.69) is 42.6 Å². The highest BCUT2D eigenvalue weighted by molar-refractivity contribution is 4.96. The summed E-state index contributed by atoms with van der Waals surface area (Å²) in [5.41, 5.74) is 1.15. The SMILES string of the molecule is CC(C)CNCC1CCC(C)CC1Cc1cn(C)nn1. The molecule has 1 saturated carbocycles. The average molecular weight is 278 g/mol. The molecule has 114 valence electrons. The summed E-state index contributed by atoms with van der Waals surface area (Å²) in [7, 11) is 1.95. The quantitative estimate of drug-likeness (QED) is 0.870. The maximum Gasteiger partial charge on any atom is 0.0829 e. The zero-order chi connectivity index (χ0) is 14.5. The first-order chi connectivity index (χ1) is 9.54. The molecule has 0 bridgehead atoms. The van der Waals surface area contributed by atoms with E-state index in [9.17, 15) is 0 Å². The van der Waals surface area contributed by atoms with Gasteiger partial charge in [-0.2, -0.15) is 0 Å². The van der Waals surface area contributed by atoms with Crippen molar-refractivity contribution >= 4 is 0 Å². The molecule has 0 radical (unpaired) electrons. The fourth-order valence-electron chi connectivity index (χ4n) is 3.40. The lowest BCUT2D eigenvalue weighted by Crippen LogP contribution is -2.35. The molecule has 0 amide bonds. The van der Waals surface area contributed by atoms with Crippen LogP contribution in [0.3, 0.4) is 0 Å². The number of aryl methyl sites for hydroxylation is 1. The Balaban J connectivity index is 1.90. The van der Waals surface area contributed by atoms with E-state index in [4.69, 9.17) is 0 Å². The molecule has 3 atom stereocenters. The third-order valence-corrected chi connectivity index (χ3v) is 4.48. The van der Waals surface area contributed by atoms with Crippen LogP contribution in [0.25, 0.3) is 0 Å². The second kappa shape index (κ2) is 7.21. The summed E-state index contributed by atoms with van der Waals surface area (Å²) in [6.45, 7) is 9.22. The largest absolute Gasteiger partial charge is 0.316 e. The summed E-state index contributed by atoms with van der Waals surface area (Å²) in [6.07, 6.45) is 7.23. The van der Waals surface area contributed by atoms with Crippen LogP contribution in [0.2, 0.25) is 0 Å². The van der Waals surface area contributed by atoms with Gasteiger partial charge < -0.3 is 5.32 Å². The Morgan fingerprint density at radius 2 is 2.15 bits per heavy atom. The van der Waals surface area contributed by atoms with Crippen LogP contribution in [-0.4, -0.2) is 28.1 Å². The molecule has 0 aromatic carbocycles. The molecule has 0 aliphatic heterocycles. The van der Waals surface area contributed by atoms with Crippen LogP contribution in [0.1, 0.15) is 45.7 Å².